The van der Waals surface area contributed by atoms with Crippen LogP contribution in [0, 0.1) is 0 Å². The first-order valence-electron chi connectivity index (χ1n) is 7.91. The zero-order valence-corrected chi connectivity index (χ0v) is 17.9. The molecule has 0 unspecified atom stereocenters. The largest absolute Gasteiger partial charge is 0.432 e. The van der Waals surface area contributed by atoms with E-state index in [2.05, 4.69) is 42.5 Å². The van der Waals surface area contributed by atoms with Crippen molar-refractivity contribution in [3.05, 3.63) is 87.3 Å². The first-order chi connectivity index (χ1) is 13.0. The average Bonchev–Trinajstić information content (AvgIpc) is 2.66. The molecule has 136 valence electrons. The second-order valence-electron chi connectivity index (χ2n) is 5.51. The van der Waals surface area contributed by atoms with Crippen molar-refractivity contribution in [2.45, 2.75) is 0 Å². The maximum absolute atomic E-state index is 12.3. The predicted molar refractivity (Wildman–Crippen MR) is 120 cm³/mol. The smallest absolute Gasteiger partial charge is 0.266 e. The molecule has 0 atom stereocenters. The van der Waals surface area contributed by atoms with E-state index in [1.54, 1.807) is 24.3 Å². The van der Waals surface area contributed by atoms with Crippen LogP contribution in [0.15, 0.2) is 81.7 Å². The van der Waals surface area contributed by atoms with Gasteiger partial charge in [-0.2, -0.15) is 0 Å². The van der Waals surface area contributed by atoms with Crippen LogP contribution in [0.1, 0.15) is 10.4 Å². The summed E-state index contributed by atoms with van der Waals surface area (Å²) in [6.07, 6.45) is 0. The summed E-state index contributed by atoms with van der Waals surface area (Å²) >= 11 is 11.9. The van der Waals surface area contributed by atoms with Crippen molar-refractivity contribution in [1.82, 2.24) is 0 Å². The number of ether oxygens (including phenoxy) is 1. The Balaban J connectivity index is 1.57. The van der Waals surface area contributed by atoms with Gasteiger partial charge in [0.2, 0.25) is 0 Å². The summed E-state index contributed by atoms with van der Waals surface area (Å²) in [6.45, 7) is 0. The fraction of sp³-hybridized carbons (Fsp3) is 0. The Kier molecular flexibility index (Phi) is 6.60. The van der Waals surface area contributed by atoms with Gasteiger partial charge in [-0.25, -0.2) is 0 Å². The van der Waals surface area contributed by atoms with Gasteiger partial charge in [0.1, 0.15) is 5.75 Å². The Morgan fingerprint density at radius 2 is 1.22 bits per heavy atom. The molecule has 0 aliphatic rings. The van der Waals surface area contributed by atoms with Gasteiger partial charge in [-0.15, -0.1) is 0 Å². The number of carbonyl (C=O) groups excluding carboxylic acids is 1. The number of halogens is 2. The molecule has 0 aliphatic carbocycles. The number of anilines is 2. The highest BCUT2D eigenvalue weighted by atomic mass is 79.9. The maximum atomic E-state index is 12.3. The minimum absolute atomic E-state index is 0.195. The summed E-state index contributed by atoms with van der Waals surface area (Å²) in [4.78, 5) is 12.3. The lowest BCUT2D eigenvalue weighted by Gasteiger charge is -2.10. The zero-order valence-electron chi connectivity index (χ0n) is 13.9. The second-order valence-corrected chi connectivity index (χ2v) is 7.71. The van der Waals surface area contributed by atoms with Crippen LogP contribution in [0.25, 0.3) is 0 Å². The number of benzene rings is 3. The SMILES string of the molecule is O=C(Nc1ccc(Br)cc1)c1ccc(OC(=S)Nc2ccc(Br)cc2)cc1. The zero-order chi connectivity index (χ0) is 19.2. The van der Waals surface area contributed by atoms with Gasteiger partial charge in [0.05, 0.1) is 0 Å². The van der Waals surface area contributed by atoms with E-state index in [-0.39, 0.29) is 11.1 Å². The Hall–Kier alpha value is -2.22. The first kappa shape index (κ1) is 19.5. The van der Waals surface area contributed by atoms with Crippen LogP contribution in [-0.4, -0.2) is 11.1 Å². The van der Waals surface area contributed by atoms with Gasteiger partial charge in [-0.3, -0.25) is 4.79 Å². The molecule has 0 bridgehead atoms. The van der Waals surface area contributed by atoms with Gasteiger partial charge >= 0.3 is 0 Å². The monoisotopic (exact) mass is 504 g/mol. The van der Waals surface area contributed by atoms with Crippen LogP contribution < -0.4 is 15.4 Å². The van der Waals surface area contributed by atoms with Crippen LogP contribution in [0.4, 0.5) is 11.4 Å². The fourth-order valence-electron chi connectivity index (χ4n) is 2.19. The van der Waals surface area contributed by atoms with Crippen LogP contribution in [0.3, 0.4) is 0 Å². The molecule has 0 saturated carbocycles. The van der Waals surface area contributed by atoms with Crippen LogP contribution in [0.2, 0.25) is 0 Å². The molecule has 0 aliphatic heterocycles. The Bertz CT molecular complexity index is 943. The number of hydrogen-bond acceptors (Lipinski definition) is 3. The predicted octanol–water partition coefficient (Wildman–Crippen LogP) is 6.24. The molecule has 0 spiro atoms. The van der Waals surface area contributed by atoms with Gasteiger partial charge in [-0.1, -0.05) is 31.9 Å². The van der Waals surface area contributed by atoms with Gasteiger partial charge in [0.25, 0.3) is 11.1 Å². The average molecular weight is 506 g/mol. The van der Waals surface area contributed by atoms with Crippen molar-refractivity contribution in [1.29, 1.82) is 0 Å². The third-order valence-corrected chi connectivity index (χ3v) is 4.76. The van der Waals surface area contributed by atoms with Crippen molar-refractivity contribution >= 4 is 66.5 Å². The number of amides is 1. The van der Waals surface area contributed by atoms with Crippen molar-refractivity contribution < 1.29 is 9.53 Å². The normalized spacial score (nSPS) is 10.1. The molecule has 2 N–H and O–H groups in total. The van der Waals surface area contributed by atoms with Gasteiger partial charge in [-0.05, 0) is 85.0 Å². The highest BCUT2D eigenvalue weighted by molar-refractivity contribution is 9.10. The summed E-state index contributed by atoms with van der Waals surface area (Å²) in [5, 5.41) is 6.06. The lowest BCUT2D eigenvalue weighted by atomic mass is 10.2. The van der Waals surface area contributed by atoms with E-state index in [0.717, 1.165) is 20.3 Å². The summed E-state index contributed by atoms with van der Waals surface area (Å²) in [5.74, 6) is 0.351. The van der Waals surface area contributed by atoms with E-state index >= 15 is 0 Å². The number of thiocarbonyl (C=S) groups is 1. The van der Waals surface area contributed by atoms with Gasteiger partial charge in [0.15, 0.2) is 0 Å². The Morgan fingerprint density at radius 1 is 0.741 bits per heavy atom. The molecule has 4 nitrogen and oxygen atoms in total. The summed E-state index contributed by atoms with van der Waals surface area (Å²) in [6, 6.07) is 21.7. The molecule has 27 heavy (non-hydrogen) atoms. The quantitative estimate of drug-likeness (QED) is 0.412. The van der Waals surface area contributed by atoms with E-state index in [1.165, 1.54) is 0 Å². The Labute approximate surface area is 179 Å². The van der Waals surface area contributed by atoms with Gasteiger partial charge in [0, 0.05) is 25.9 Å². The highest BCUT2D eigenvalue weighted by Crippen LogP contribution is 2.18. The number of hydrogen-bond donors (Lipinski definition) is 2. The molecule has 3 aromatic rings. The number of nitrogens with one attached hydrogen (secondary N) is 2. The lowest BCUT2D eigenvalue weighted by Crippen LogP contribution is -2.16. The van der Waals surface area contributed by atoms with Crippen molar-refractivity contribution in [3.8, 4) is 5.75 Å². The van der Waals surface area contributed by atoms with E-state index in [4.69, 9.17) is 17.0 Å². The van der Waals surface area contributed by atoms with Crippen LogP contribution >= 0.6 is 44.1 Å². The van der Waals surface area contributed by atoms with E-state index in [0.29, 0.717) is 11.3 Å². The molecule has 7 heteroatoms. The minimum Gasteiger partial charge on any atom is -0.432 e. The maximum Gasteiger partial charge on any atom is 0.266 e. The van der Waals surface area contributed by atoms with Crippen molar-refractivity contribution in [3.63, 3.8) is 0 Å². The molecular weight excluding hydrogens is 492 g/mol. The summed E-state index contributed by atoms with van der Waals surface area (Å²) in [5.41, 5.74) is 2.08. The molecule has 0 fully saturated rings. The molecule has 3 aromatic carbocycles. The second kappa shape index (κ2) is 9.12. The highest BCUT2D eigenvalue weighted by Gasteiger charge is 2.07. The first-order valence-corrected chi connectivity index (χ1v) is 9.90. The van der Waals surface area contributed by atoms with Crippen LogP contribution in [-0.2, 0) is 0 Å². The third-order valence-electron chi connectivity index (χ3n) is 3.52. The fourth-order valence-corrected chi connectivity index (χ4v) is 2.94. The molecular formula is C20H14Br2N2O2S. The molecule has 0 aromatic heterocycles. The number of rotatable bonds is 4. The van der Waals surface area contributed by atoms with Gasteiger partial charge < -0.3 is 15.4 Å². The van der Waals surface area contributed by atoms with Crippen molar-refractivity contribution in [2.24, 2.45) is 0 Å². The lowest BCUT2D eigenvalue weighted by molar-refractivity contribution is 0.102. The third kappa shape index (κ3) is 5.89. The Morgan fingerprint density at radius 3 is 1.74 bits per heavy atom. The number of carbonyl (C=O) groups is 1. The van der Waals surface area contributed by atoms with E-state index in [9.17, 15) is 4.79 Å². The summed E-state index contributed by atoms with van der Waals surface area (Å²) in [7, 11) is 0. The molecule has 0 radical (unpaired) electrons. The van der Waals surface area contributed by atoms with Crippen LogP contribution in [0.5, 0.6) is 5.75 Å². The van der Waals surface area contributed by atoms with Crippen molar-refractivity contribution in [2.75, 3.05) is 10.6 Å². The van der Waals surface area contributed by atoms with E-state index in [1.807, 2.05) is 48.5 Å². The topological polar surface area (TPSA) is 50.4 Å². The summed E-state index contributed by atoms with van der Waals surface area (Å²) < 4.78 is 7.52. The molecule has 3 rings (SSSR count). The molecule has 1 amide bonds. The molecule has 0 heterocycles. The minimum atomic E-state index is -0.195. The standard InChI is InChI=1S/C20H14Br2N2O2S/c21-14-3-7-16(8-4-14)23-19(25)13-1-11-18(12-2-13)26-20(27)24-17-9-5-15(22)6-10-17/h1-12H,(H,23,25)(H,24,27). The van der Waals surface area contributed by atoms with E-state index < -0.39 is 0 Å². The molecule has 0 saturated heterocycles.